The molecule has 0 unspecified atom stereocenters. The number of aromatic hydroxyl groups is 1. The highest BCUT2D eigenvalue weighted by atomic mass is 32.1. The van der Waals surface area contributed by atoms with Crippen molar-refractivity contribution < 1.29 is 19.0 Å². The molecule has 1 aromatic heterocycles. The number of halogens is 1. The third-order valence-electron chi connectivity index (χ3n) is 4.75. The van der Waals surface area contributed by atoms with Crippen LogP contribution in [-0.4, -0.2) is 40.6 Å². The average Bonchev–Trinajstić information content (AvgIpc) is 3.42. The second-order valence-electron chi connectivity index (χ2n) is 6.63. The number of anilines is 2. The van der Waals surface area contributed by atoms with E-state index < -0.39 is 17.5 Å². The Labute approximate surface area is 170 Å². The number of hydrogen-bond donors (Lipinski definition) is 2. The number of phenolic OH excluding ortho intramolecular Hbond substituents is 1. The first-order valence-electron chi connectivity index (χ1n) is 9.12. The average molecular weight is 414 g/mol. The molecular weight excluding hydrogens is 395 g/mol. The molecular formula is C20H19FN4O3S. The molecule has 0 atom stereocenters. The molecule has 0 saturated carbocycles. The summed E-state index contributed by atoms with van der Waals surface area (Å²) < 4.78 is 22.9. The van der Waals surface area contributed by atoms with E-state index in [0.29, 0.717) is 11.0 Å². The summed E-state index contributed by atoms with van der Waals surface area (Å²) in [6, 6.07) is 10.2. The van der Waals surface area contributed by atoms with Gasteiger partial charge in [0.25, 0.3) is 5.91 Å². The number of nitrogens with one attached hydrogen (secondary N) is 1. The number of rotatable bonds is 5. The summed E-state index contributed by atoms with van der Waals surface area (Å²) in [7, 11) is 1.28. The van der Waals surface area contributed by atoms with Crippen LogP contribution in [0, 0.1) is 5.82 Å². The fourth-order valence-corrected chi connectivity index (χ4v) is 3.80. The molecule has 0 radical (unpaired) electrons. The highest BCUT2D eigenvalue weighted by Crippen LogP contribution is 2.31. The van der Waals surface area contributed by atoms with Crippen LogP contribution in [0.1, 0.15) is 23.2 Å². The molecule has 4 rings (SSSR count). The van der Waals surface area contributed by atoms with Gasteiger partial charge in [0.05, 0.1) is 7.11 Å². The fourth-order valence-electron chi connectivity index (χ4n) is 3.22. The maximum Gasteiger partial charge on any atom is 0.257 e. The molecule has 0 aliphatic carbocycles. The quantitative estimate of drug-likeness (QED) is 0.658. The Kier molecular flexibility index (Phi) is 5.30. The normalized spacial score (nSPS) is 13.5. The number of hydrogen-bond acceptors (Lipinski definition) is 7. The fraction of sp³-hybridized carbons (Fsp3) is 0.250. The van der Waals surface area contributed by atoms with Crippen molar-refractivity contribution in [1.29, 1.82) is 0 Å². The number of methoxy groups -OCH3 is 1. The first-order chi connectivity index (χ1) is 14.0. The topological polar surface area (TPSA) is 87.6 Å². The zero-order valence-corrected chi connectivity index (χ0v) is 16.5. The van der Waals surface area contributed by atoms with Crippen LogP contribution in [0.15, 0.2) is 36.4 Å². The zero-order chi connectivity index (χ0) is 20.4. The summed E-state index contributed by atoms with van der Waals surface area (Å²) in [5, 5.41) is 12.4. The number of aromatic nitrogens is 2. The van der Waals surface area contributed by atoms with Gasteiger partial charge in [-0.1, -0.05) is 0 Å². The van der Waals surface area contributed by atoms with Crippen molar-refractivity contribution in [2.45, 2.75) is 12.8 Å². The van der Waals surface area contributed by atoms with Gasteiger partial charge in [-0.3, -0.25) is 10.1 Å². The van der Waals surface area contributed by atoms with Crippen LogP contribution >= 0.6 is 11.5 Å². The number of nitrogens with zero attached hydrogens (tertiary/aromatic N) is 3. The maximum absolute atomic E-state index is 13.8. The number of carbonyl (C=O) groups excluding carboxylic acids is 1. The summed E-state index contributed by atoms with van der Waals surface area (Å²) in [6.45, 7) is 2.15. The van der Waals surface area contributed by atoms with E-state index in [-0.39, 0.29) is 11.3 Å². The summed E-state index contributed by atoms with van der Waals surface area (Å²) in [4.78, 5) is 19.1. The molecule has 0 spiro atoms. The summed E-state index contributed by atoms with van der Waals surface area (Å²) >= 11 is 1.04. The van der Waals surface area contributed by atoms with Crippen LogP contribution in [0.25, 0.3) is 11.4 Å². The second-order valence-corrected chi connectivity index (χ2v) is 7.38. The lowest BCUT2D eigenvalue weighted by molar-refractivity contribution is 0.102. The standard InChI is InChI=1S/C20H19FN4O3S/c1-28-16-11-13(10-15(21)17(16)26)19(27)23-20-22-18(24-29-20)12-4-6-14(7-5-12)25-8-2-3-9-25/h4-7,10-11,26H,2-3,8-9H2,1H3,(H,22,23,24,27). The lowest BCUT2D eigenvalue weighted by Gasteiger charge is -2.17. The molecule has 2 aromatic carbocycles. The first-order valence-corrected chi connectivity index (χ1v) is 9.89. The van der Waals surface area contributed by atoms with Crippen molar-refractivity contribution in [1.82, 2.24) is 9.36 Å². The maximum atomic E-state index is 13.8. The molecule has 1 fully saturated rings. The molecule has 29 heavy (non-hydrogen) atoms. The van der Waals surface area contributed by atoms with Crippen molar-refractivity contribution >= 4 is 28.3 Å². The van der Waals surface area contributed by atoms with Crippen LogP contribution in [0.4, 0.5) is 15.2 Å². The zero-order valence-electron chi connectivity index (χ0n) is 15.7. The lowest BCUT2D eigenvalue weighted by Crippen LogP contribution is -2.17. The number of carbonyl (C=O) groups is 1. The summed E-state index contributed by atoms with van der Waals surface area (Å²) in [6.07, 6.45) is 2.44. The van der Waals surface area contributed by atoms with Gasteiger partial charge in [-0.2, -0.15) is 9.36 Å². The number of benzene rings is 2. The van der Waals surface area contributed by atoms with Crippen LogP contribution < -0.4 is 15.0 Å². The van der Waals surface area contributed by atoms with Crippen LogP contribution in [0.5, 0.6) is 11.5 Å². The van der Waals surface area contributed by atoms with E-state index >= 15 is 0 Å². The predicted molar refractivity (Wildman–Crippen MR) is 109 cm³/mol. The van der Waals surface area contributed by atoms with Crippen molar-refractivity contribution in [2.75, 3.05) is 30.4 Å². The molecule has 1 aliphatic heterocycles. The largest absolute Gasteiger partial charge is 0.502 e. The highest BCUT2D eigenvalue weighted by Gasteiger charge is 2.17. The molecule has 150 valence electrons. The first kappa shape index (κ1) is 19.1. The lowest BCUT2D eigenvalue weighted by atomic mass is 10.2. The molecule has 3 aromatic rings. The van der Waals surface area contributed by atoms with Gasteiger partial charge in [0, 0.05) is 41.4 Å². The van der Waals surface area contributed by atoms with Gasteiger partial charge < -0.3 is 14.7 Å². The highest BCUT2D eigenvalue weighted by molar-refractivity contribution is 7.10. The molecule has 7 nitrogen and oxygen atoms in total. The Balaban J connectivity index is 1.48. The third kappa shape index (κ3) is 4.00. The SMILES string of the molecule is COc1cc(C(=O)Nc2nc(-c3ccc(N4CCCC4)cc3)ns2)cc(F)c1O. The monoisotopic (exact) mass is 414 g/mol. The van der Waals surface area contributed by atoms with Crippen LogP contribution in [0.3, 0.4) is 0 Å². The van der Waals surface area contributed by atoms with Crippen LogP contribution in [0.2, 0.25) is 0 Å². The van der Waals surface area contributed by atoms with Gasteiger partial charge in [0.15, 0.2) is 23.1 Å². The molecule has 2 heterocycles. The van der Waals surface area contributed by atoms with E-state index in [1.165, 1.54) is 31.7 Å². The Bertz CT molecular complexity index is 1030. The Hall–Kier alpha value is -3.20. The predicted octanol–water partition coefficient (Wildman–Crippen LogP) is 3.91. The van der Waals surface area contributed by atoms with Crippen LogP contribution in [-0.2, 0) is 0 Å². The Morgan fingerprint density at radius 1 is 1.24 bits per heavy atom. The minimum atomic E-state index is -0.939. The second kappa shape index (κ2) is 8.04. The van der Waals surface area contributed by atoms with E-state index in [4.69, 9.17) is 4.74 Å². The number of ether oxygens (including phenoxy) is 1. The Morgan fingerprint density at radius 3 is 2.66 bits per heavy atom. The van der Waals surface area contributed by atoms with Gasteiger partial charge in [-0.05, 0) is 49.2 Å². The smallest absolute Gasteiger partial charge is 0.257 e. The summed E-state index contributed by atoms with van der Waals surface area (Å²) in [5.41, 5.74) is 2.03. The van der Waals surface area contributed by atoms with Gasteiger partial charge in [0.2, 0.25) is 5.13 Å². The molecule has 1 aliphatic rings. The molecule has 2 N–H and O–H groups in total. The Morgan fingerprint density at radius 2 is 1.97 bits per heavy atom. The van der Waals surface area contributed by atoms with Crippen molar-refractivity contribution in [3.8, 4) is 22.9 Å². The molecule has 9 heteroatoms. The van der Waals surface area contributed by atoms with Crippen molar-refractivity contribution in [2.24, 2.45) is 0 Å². The minimum Gasteiger partial charge on any atom is -0.502 e. The van der Waals surface area contributed by atoms with E-state index in [1.54, 1.807) is 0 Å². The van der Waals surface area contributed by atoms with E-state index in [9.17, 15) is 14.3 Å². The summed E-state index contributed by atoms with van der Waals surface area (Å²) in [5.74, 6) is -1.77. The number of phenols is 1. The van der Waals surface area contributed by atoms with E-state index in [0.717, 1.165) is 36.3 Å². The van der Waals surface area contributed by atoms with Gasteiger partial charge in [-0.25, -0.2) is 4.39 Å². The van der Waals surface area contributed by atoms with Crippen molar-refractivity contribution in [3.05, 3.63) is 47.8 Å². The van der Waals surface area contributed by atoms with E-state index in [1.807, 2.05) is 24.3 Å². The minimum absolute atomic E-state index is 0.00358. The van der Waals surface area contributed by atoms with Gasteiger partial charge >= 0.3 is 0 Å². The molecule has 1 saturated heterocycles. The molecule has 0 bridgehead atoms. The molecule has 1 amide bonds. The third-order valence-corrected chi connectivity index (χ3v) is 5.38. The van der Waals surface area contributed by atoms with Gasteiger partial charge in [0.1, 0.15) is 0 Å². The number of amides is 1. The van der Waals surface area contributed by atoms with Crippen molar-refractivity contribution in [3.63, 3.8) is 0 Å². The van der Waals surface area contributed by atoms with E-state index in [2.05, 4.69) is 19.6 Å². The van der Waals surface area contributed by atoms with Gasteiger partial charge in [-0.15, -0.1) is 0 Å².